The average Bonchev–Trinajstić information content (AvgIpc) is 3.41. The van der Waals surface area contributed by atoms with Gasteiger partial charge in [-0.1, -0.05) is 42.5 Å². The lowest BCUT2D eigenvalue weighted by molar-refractivity contribution is -0.134. The van der Waals surface area contributed by atoms with E-state index in [4.69, 9.17) is 9.47 Å². The maximum atomic E-state index is 12.7. The number of amides is 1. The summed E-state index contributed by atoms with van der Waals surface area (Å²) in [4.78, 5) is 18.3. The third kappa shape index (κ3) is 5.77. The second kappa shape index (κ2) is 10.5. The molecule has 33 heavy (non-hydrogen) atoms. The molecule has 1 aromatic heterocycles. The number of rotatable bonds is 9. The van der Waals surface area contributed by atoms with Gasteiger partial charge >= 0.3 is 0 Å². The van der Waals surface area contributed by atoms with E-state index < -0.39 is 0 Å². The van der Waals surface area contributed by atoms with Crippen molar-refractivity contribution in [2.75, 3.05) is 13.7 Å². The van der Waals surface area contributed by atoms with E-state index >= 15 is 0 Å². The molecule has 0 aliphatic heterocycles. The predicted octanol–water partition coefficient (Wildman–Crippen LogP) is 4.44. The van der Waals surface area contributed by atoms with E-state index in [1.54, 1.807) is 35.1 Å². The molecule has 0 aliphatic rings. The first kappa shape index (κ1) is 22.1. The third-order valence-electron chi connectivity index (χ3n) is 5.47. The molecule has 4 aromatic rings. The van der Waals surface area contributed by atoms with Crippen LogP contribution < -0.4 is 9.47 Å². The van der Waals surface area contributed by atoms with Gasteiger partial charge in [-0.25, -0.2) is 9.67 Å². The number of carbonyl (C=O) groups excluding carboxylic acids is 1. The first-order valence-corrected chi connectivity index (χ1v) is 10.7. The van der Waals surface area contributed by atoms with Gasteiger partial charge in [0.1, 0.15) is 30.8 Å². The number of hydrogen-bond acceptors (Lipinski definition) is 5. The van der Waals surface area contributed by atoms with Crippen molar-refractivity contribution in [2.24, 2.45) is 0 Å². The minimum absolute atomic E-state index is 0.0396. The molecule has 1 unspecified atom stereocenters. The lowest BCUT2D eigenvalue weighted by Gasteiger charge is -2.25. The van der Waals surface area contributed by atoms with E-state index in [1.165, 1.54) is 6.33 Å². The number of ether oxygens (including phenoxy) is 2. The molecule has 0 saturated heterocycles. The molecule has 0 N–H and O–H groups in total. The van der Waals surface area contributed by atoms with Gasteiger partial charge in [0.15, 0.2) is 6.61 Å². The fourth-order valence-electron chi connectivity index (χ4n) is 3.31. The highest BCUT2D eigenvalue weighted by Gasteiger charge is 2.18. The Labute approximate surface area is 193 Å². The van der Waals surface area contributed by atoms with Crippen molar-refractivity contribution < 1.29 is 14.3 Å². The average molecular weight is 443 g/mol. The molecule has 7 heteroatoms. The highest BCUT2D eigenvalue weighted by Crippen LogP contribution is 2.22. The fourth-order valence-corrected chi connectivity index (χ4v) is 3.31. The van der Waals surface area contributed by atoms with E-state index in [2.05, 4.69) is 10.1 Å². The standard InChI is InChI=1S/C26H26N4O3/c1-20(22-8-10-23(11-9-22)30-19-27-18-28-30)29(2)26(31)17-33-25-14-12-24(13-15-25)32-16-21-6-4-3-5-7-21/h3-15,18-20H,16-17H2,1-2H3. The van der Waals surface area contributed by atoms with Gasteiger partial charge in [-0.3, -0.25) is 4.79 Å². The number of likely N-dealkylation sites (N-methyl/N-ethyl adjacent to an activating group) is 1. The second-order valence-corrected chi connectivity index (χ2v) is 7.65. The van der Waals surface area contributed by atoms with Crippen molar-refractivity contribution in [3.8, 4) is 17.2 Å². The van der Waals surface area contributed by atoms with E-state index in [9.17, 15) is 4.79 Å². The monoisotopic (exact) mass is 442 g/mol. The summed E-state index contributed by atoms with van der Waals surface area (Å²) in [6.07, 6.45) is 3.14. The quantitative estimate of drug-likeness (QED) is 0.383. The molecule has 7 nitrogen and oxygen atoms in total. The van der Waals surface area contributed by atoms with E-state index in [1.807, 2.05) is 73.7 Å². The molecule has 0 fully saturated rings. The number of aromatic nitrogens is 3. The van der Waals surface area contributed by atoms with Crippen LogP contribution >= 0.6 is 0 Å². The first-order valence-electron chi connectivity index (χ1n) is 10.7. The Hall–Kier alpha value is -4.13. The van der Waals surface area contributed by atoms with Crippen molar-refractivity contribution >= 4 is 5.91 Å². The van der Waals surface area contributed by atoms with Gasteiger partial charge in [0, 0.05) is 7.05 Å². The SMILES string of the molecule is CC(c1ccc(-n2cncn2)cc1)N(C)C(=O)COc1ccc(OCc2ccccc2)cc1. The Morgan fingerprint density at radius 3 is 2.24 bits per heavy atom. The van der Waals surface area contributed by atoms with E-state index in [-0.39, 0.29) is 18.6 Å². The van der Waals surface area contributed by atoms with Crippen molar-refractivity contribution in [3.63, 3.8) is 0 Å². The summed E-state index contributed by atoms with van der Waals surface area (Å²) >= 11 is 0. The fraction of sp³-hybridized carbons (Fsp3) is 0.192. The summed E-state index contributed by atoms with van der Waals surface area (Å²) in [7, 11) is 1.78. The number of carbonyl (C=O) groups is 1. The van der Waals surface area contributed by atoms with Crippen molar-refractivity contribution in [1.29, 1.82) is 0 Å². The minimum Gasteiger partial charge on any atom is -0.489 e. The van der Waals surface area contributed by atoms with Gasteiger partial charge in [-0.15, -0.1) is 0 Å². The molecular weight excluding hydrogens is 416 g/mol. The Morgan fingerprint density at radius 1 is 0.939 bits per heavy atom. The van der Waals surface area contributed by atoms with Gasteiger partial charge in [-0.2, -0.15) is 5.10 Å². The first-order chi connectivity index (χ1) is 16.1. The zero-order valence-electron chi connectivity index (χ0n) is 18.7. The van der Waals surface area contributed by atoms with Crippen LogP contribution in [0.15, 0.2) is 91.5 Å². The van der Waals surface area contributed by atoms with Crippen LogP contribution in [0.4, 0.5) is 0 Å². The van der Waals surface area contributed by atoms with Crippen LogP contribution in [0.25, 0.3) is 5.69 Å². The van der Waals surface area contributed by atoms with Gasteiger partial charge in [0.25, 0.3) is 5.91 Å². The molecular formula is C26H26N4O3. The third-order valence-corrected chi connectivity index (χ3v) is 5.47. The van der Waals surface area contributed by atoms with Crippen LogP contribution in [-0.4, -0.2) is 39.2 Å². The minimum atomic E-state index is -0.104. The van der Waals surface area contributed by atoms with Gasteiger partial charge in [0.05, 0.1) is 11.7 Å². The van der Waals surface area contributed by atoms with Crippen LogP contribution in [0.5, 0.6) is 11.5 Å². The number of nitrogens with zero attached hydrogens (tertiary/aromatic N) is 4. The largest absolute Gasteiger partial charge is 0.489 e. The topological polar surface area (TPSA) is 69.5 Å². The van der Waals surface area contributed by atoms with E-state index in [0.29, 0.717) is 12.4 Å². The van der Waals surface area contributed by atoms with Crippen LogP contribution in [0.2, 0.25) is 0 Å². The molecule has 0 radical (unpaired) electrons. The Bertz CT molecular complexity index is 1140. The van der Waals surface area contributed by atoms with Gasteiger partial charge in [-0.05, 0) is 54.4 Å². The van der Waals surface area contributed by atoms with E-state index in [0.717, 1.165) is 22.6 Å². The molecule has 0 spiro atoms. The van der Waals surface area contributed by atoms with Crippen LogP contribution in [-0.2, 0) is 11.4 Å². The van der Waals surface area contributed by atoms with Crippen molar-refractivity contribution in [1.82, 2.24) is 19.7 Å². The molecule has 4 rings (SSSR count). The number of benzene rings is 3. The zero-order chi connectivity index (χ0) is 23.0. The molecule has 3 aromatic carbocycles. The molecule has 1 heterocycles. The van der Waals surface area contributed by atoms with Crippen molar-refractivity contribution in [2.45, 2.75) is 19.6 Å². The lowest BCUT2D eigenvalue weighted by Crippen LogP contribution is -2.33. The van der Waals surface area contributed by atoms with Crippen LogP contribution in [0.3, 0.4) is 0 Å². The second-order valence-electron chi connectivity index (χ2n) is 7.65. The Balaban J connectivity index is 1.27. The summed E-state index contributed by atoms with van der Waals surface area (Å²) in [6.45, 7) is 2.45. The maximum absolute atomic E-state index is 12.7. The molecule has 1 atom stereocenters. The maximum Gasteiger partial charge on any atom is 0.260 e. The summed E-state index contributed by atoms with van der Waals surface area (Å²) in [5.74, 6) is 1.26. The summed E-state index contributed by atoms with van der Waals surface area (Å²) < 4.78 is 13.2. The summed E-state index contributed by atoms with van der Waals surface area (Å²) in [6, 6.07) is 25.1. The van der Waals surface area contributed by atoms with Crippen molar-refractivity contribution in [3.05, 3.63) is 103 Å². The predicted molar refractivity (Wildman–Crippen MR) is 125 cm³/mol. The number of hydrogen-bond donors (Lipinski definition) is 0. The molecule has 1 amide bonds. The summed E-state index contributed by atoms with van der Waals surface area (Å²) in [5, 5.41) is 4.12. The Kier molecular flexibility index (Phi) is 6.99. The van der Waals surface area contributed by atoms with Crippen LogP contribution in [0.1, 0.15) is 24.1 Å². The van der Waals surface area contributed by atoms with Gasteiger partial charge < -0.3 is 14.4 Å². The van der Waals surface area contributed by atoms with Gasteiger partial charge in [0.2, 0.25) is 0 Å². The normalized spacial score (nSPS) is 11.6. The molecule has 0 aliphatic carbocycles. The highest BCUT2D eigenvalue weighted by atomic mass is 16.5. The smallest absolute Gasteiger partial charge is 0.260 e. The van der Waals surface area contributed by atoms with Crippen LogP contribution in [0, 0.1) is 0 Å². The molecule has 168 valence electrons. The Morgan fingerprint density at radius 2 is 1.61 bits per heavy atom. The summed E-state index contributed by atoms with van der Waals surface area (Å²) in [5.41, 5.74) is 3.04. The highest BCUT2D eigenvalue weighted by molar-refractivity contribution is 5.78. The lowest BCUT2D eigenvalue weighted by atomic mass is 10.1. The molecule has 0 bridgehead atoms. The molecule has 0 saturated carbocycles. The zero-order valence-corrected chi connectivity index (χ0v) is 18.7.